The third-order valence-corrected chi connectivity index (χ3v) is 5.45. The molecule has 2 aromatic heterocycles. The number of hydrogen-bond acceptors (Lipinski definition) is 2. The Morgan fingerprint density at radius 2 is 1.86 bits per heavy atom. The van der Waals surface area contributed by atoms with Crippen molar-refractivity contribution in [3.05, 3.63) is 45.9 Å². The number of aromatic nitrogens is 1. The molecule has 0 unspecified atom stereocenters. The molecule has 1 amide bonds. The van der Waals surface area contributed by atoms with E-state index in [0.717, 1.165) is 44.1 Å². The van der Waals surface area contributed by atoms with Gasteiger partial charge in [-0.15, -0.1) is 11.3 Å². The zero-order chi connectivity index (χ0) is 15.5. The van der Waals surface area contributed by atoms with Crippen molar-refractivity contribution in [2.45, 2.75) is 20.4 Å². The smallest absolute Gasteiger partial charge is 0.264 e. The van der Waals surface area contributed by atoms with Crippen LogP contribution < -0.4 is 4.90 Å². The van der Waals surface area contributed by atoms with E-state index in [9.17, 15) is 4.79 Å². The fourth-order valence-corrected chi connectivity index (χ4v) is 3.84. The van der Waals surface area contributed by atoms with Crippen LogP contribution in [-0.2, 0) is 6.54 Å². The number of carbonyl (C=O) groups is 1. The Balaban J connectivity index is 1.49. The average molecular weight is 318 g/mol. The number of hydrogen-bond donors (Lipinski definition) is 1. The first-order chi connectivity index (χ1) is 10.6. The molecule has 22 heavy (non-hydrogen) atoms. The lowest BCUT2D eigenvalue weighted by atomic mass is 10.3. The molecule has 1 saturated heterocycles. The van der Waals surface area contributed by atoms with Crippen LogP contribution in [0.15, 0.2) is 29.6 Å². The SMILES string of the molecule is Cc1ccc(C)n1CC[NH+]1CCN(C(=O)c2cccs2)CC1. The molecule has 1 aliphatic rings. The molecule has 0 spiro atoms. The number of quaternary nitrogens is 1. The molecule has 0 bridgehead atoms. The van der Waals surface area contributed by atoms with E-state index in [-0.39, 0.29) is 5.91 Å². The molecular formula is C17H24N3OS+. The zero-order valence-corrected chi connectivity index (χ0v) is 14.2. The molecule has 0 saturated carbocycles. The Morgan fingerprint density at radius 1 is 1.18 bits per heavy atom. The van der Waals surface area contributed by atoms with Crippen molar-refractivity contribution in [1.82, 2.24) is 9.47 Å². The second-order valence-electron chi connectivity index (χ2n) is 6.04. The lowest BCUT2D eigenvalue weighted by Gasteiger charge is -2.32. The maximum atomic E-state index is 12.3. The van der Waals surface area contributed by atoms with Gasteiger partial charge in [0.15, 0.2) is 0 Å². The molecule has 1 N–H and O–H groups in total. The Labute approximate surface area is 136 Å². The fourth-order valence-electron chi connectivity index (χ4n) is 3.15. The number of aryl methyl sites for hydroxylation is 2. The average Bonchev–Trinajstić information content (AvgIpc) is 3.17. The third kappa shape index (κ3) is 3.25. The highest BCUT2D eigenvalue weighted by molar-refractivity contribution is 7.12. The molecule has 0 aromatic carbocycles. The lowest BCUT2D eigenvalue weighted by molar-refractivity contribution is -0.904. The predicted molar refractivity (Wildman–Crippen MR) is 89.7 cm³/mol. The van der Waals surface area contributed by atoms with Crippen molar-refractivity contribution in [3.8, 4) is 0 Å². The second-order valence-corrected chi connectivity index (χ2v) is 6.98. The van der Waals surface area contributed by atoms with Gasteiger partial charge in [-0.2, -0.15) is 0 Å². The molecule has 0 radical (unpaired) electrons. The molecule has 118 valence electrons. The van der Waals surface area contributed by atoms with E-state index >= 15 is 0 Å². The van der Waals surface area contributed by atoms with Crippen molar-refractivity contribution in [2.24, 2.45) is 0 Å². The molecular weight excluding hydrogens is 294 g/mol. The van der Waals surface area contributed by atoms with Crippen LogP contribution in [0.1, 0.15) is 21.1 Å². The standard InChI is InChI=1S/C17H23N3OS/c1-14-5-6-15(2)20(14)12-9-18-7-10-19(11-8-18)17(21)16-4-3-13-22-16/h3-6,13H,7-12H2,1-2H3/p+1. The Hall–Kier alpha value is -1.59. The molecule has 0 atom stereocenters. The maximum absolute atomic E-state index is 12.3. The molecule has 3 rings (SSSR count). The van der Waals surface area contributed by atoms with Gasteiger partial charge >= 0.3 is 0 Å². The highest BCUT2D eigenvalue weighted by Crippen LogP contribution is 2.12. The van der Waals surface area contributed by atoms with Crippen molar-refractivity contribution in [1.29, 1.82) is 0 Å². The van der Waals surface area contributed by atoms with Crippen molar-refractivity contribution < 1.29 is 9.69 Å². The van der Waals surface area contributed by atoms with Crippen LogP contribution >= 0.6 is 11.3 Å². The minimum absolute atomic E-state index is 0.200. The molecule has 1 fully saturated rings. The number of piperazine rings is 1. The summed E-state index contributed by atoms with van der Waals surface area (Å²) in [6.07, 6.45) is 0. The highest BCUT2D eigenvalue weighted by atomic mass is 32.1. The first-order valence-electron chi connectivity index (χ1n) is 7.94. The second kappa shape index (κ2) is 6.67. The van der Waals surface area contributed by atoms with Crippen LogP contribution in [-0.4, -0.2) is 48.1 Å². The van der Waals surface area contributed by atoms with Crippen molar-refractivity contribution in [2.75, 3.05) is 32.7 Å². The minimum Gasteiger partial charge on any atom is -0.344 e. The molecule has 5 heteroatoms. The van der Waals surface area contributed by atoms with Crippen molar-refractivity contribution >= 4 is 17.2 Å². The van der Waals surface area contributed by atoms with Gasteiger partial charge in [0.2, 0.25) is 0 Å². The highest BCUT2D eigenvalue weighted by Gasteiger charge is 2.24. The van der Waals surface area contributed by atoms with Gasteiger partial charge in [0.1, 0.15) is 0 Å². The van der Waals surface area contributed by atoms with Crippen LogP contribution in [0, 0.1) is 13.8 Å². The van der Waals surface area contributed by atoms with E-state index in [0.29, 0.717) is 0 Å². The van der Waals surface area contributed by atoms with Crippen molar-refractivity contribution in [3.63, 3.8) is 0 Å². The zero-order valence-electron chi connectivity index (χ0n) is 13.3. The minimum atomic E-state index is 0.200. The van der Waals surface area contributed by atoms with Gasteiger partial charge in [-0.25, -0.2) is 0 Å². The number of amides is 1. The summed E-state index contributed by atoms with van der Waals surface area (Å²) in [5.41, 5.74) is 2.67. The van der Waals surface area contributed by atoms with E-state index in [1.165, 1.54) is 22.7 Å². The molecule has 3 heterocycles. The fraction of sp³-hybridized carbons (Fsp3) is 0.471. The largest absolute Gasteiger partial charge is 0.344 e. The van der Waals surface area contributed by atoms with Crippen LogP contribution in [0.2, 0.25) is 0 Å². The summed E-state index contributed by atoms with van der Waals surface area (Å²) in [5.74, 6) is 0.200. The van der Waals surface area contributed by atoms with Gasteiger partial charge in [0.25, 0.3) is 5.91 Å². The van der Waals surface area contributed by atoms with E-state index in [1.807, 2.05) is 22.4 Å². The van der Waals surface area contributed by atoms with E-state index in [2.05, 4.69) is 30.5 Å². The number of thiophene rings is 1. The maximum Gasteiger partial charge on any atom is 0.264 e. The third-order valence-electron chi connectivity index (χ3n) is 4.60. The lowest BCUT2D eigenvalue weighted by Crippen LogP contribution is -3.15. The van der Waals surface area contributed by atoms with Crippen LogP contribution in [0.3, 0.4) is 0 Å². The predicted octanol–water partition coefficient (Wildman–Crippen LogP) is 1.21. The monoisotopic (exact) mass is 318 g/mol. The molecule has 1 aliphatic heterocycles. The van der Waals surface area contributed by atoms with E-state index < -0.39 is 0 Å². The van der Waals surface area contributed by atoms with Crippen LogP contribution in [0.25, 0.3) is 0 Å². The summed E-state index contributed by atoms with van der Waals surface area (Å²) in [6, 6.07) is 8.23. The first-order valence-corrected chi connectivity index (χ1v) is 8.82. The number of nitrogens with one attached hydrogen (secondary N) is 1. The Morgan fingerprint density at radius 3 is 2.45 bits per heavy atom. The van der Waals surface area contributed by atoms with Crippen LogP contribution in [0.4, 0.5) is 0 Å². The summed E-state index contributed by atoms with van der Waals surface area (Å²) in [4.78, 5) is 16.8. The first kappa shape index (κ1) is 15.3. The van der Waals surface area contributed by atoms with E-state index in [4.69, 9.17) is 0 Å². The number of carbonyl (C=O) groups excluding carboxylic acids is 1. The Bertz CT molecular complexity index is 605. The number of rotatable bonds is 4. The summed E-state index contributed by atoms with van der Waals surface area (Å²) in [7, 11) is 0. The van der Waals surface area contributed by atoms with Gasteiger partial charge in [-0.1, -0.05) is 6.07 Å². The molecule has 2 aromatic rings. The topological polar surface area (TPSA) is 29.7 Å². The van der Waals surface area contributed by atoms with Gasteiger partial charge in [-0.05, 0) is 37.4 Å². The van der Waals surface area contributed by atoms with E-state index in [1.54, 1.807) is 4.90 Å². The molecule has 0 aliphatic carbocycles. The summed E-state index contributed by atoms with van der Waals surface area (Å²) in [6.45, 7) is 10.4. The summed E-state index contributed by atoms with van der Waals surface area (Å²) in [5, 5.41) is 1.97. The Kier molecular flexibility index (Phi) is 4.64. The van der Waals surface area contributed by atoms with Gasteiger partial charge in [0.05, 0.1) is 44.1 Å². The van der Waals surface area contributed by atoms with Gasteiger partial charge in [-0.3, -0.25) is 4.79 Å². The number of nitrogens with zero attached hydrogens (tertiary/aromatic N) is 2. The van der Waals surface area contributed by atoms with Gasteiger partial charge < -0.3 is 14.4 Å². The van der Waals surface area contributed by atoms with Gasteiger partial charge in [0, 0.05) is 11.4 Å². The normalized spacial score (nSPS) is 16.2. The van der Waals surface area contributed by atoms with Crippen LogP contribution in [0.5, 0.6) is 0 Å². The summed E-state index contributed by atoms with van der Waals surface area (Å²) < 4.78 is 2.39. The molecule has 4 nitrogen and oxygen atoms in total. The summed E-state index contributed by atoms with van der Waals surface area (Å²) >= 11 is 1.54. The quantitative estimate of drug-likeness (QED) is 0.902.